The van der Waals surface area contributed by atoms with Crippen LogP contribution in [0.5, 0.6) is 11.5 Å². The van der Waals surface area contributed by atoms with Crippen LogP contribution in [0, 0.1) is 0 Å². The van der Waals surface area contributed by atoms with Crippen molar-refractivity contribution in [3.63, 3.8) is 0 Å². The van der Waals surface area contributed by atoms with E-state index in [1.54, 1.807) is 0 Å². The molecule has 5 heterocycles. The summed E-state index contributed by atoms with van der Waals surface area (Å²) in [6.45, 7) is 0. The van der Waals surface area contributed by atoms with Gasteiger partial charge in [-0.15, -0.1) is 0 Å². The first kappa shape index (κ1) is 25.5. The number of para-hydroxylation sites is 4. The normalized spacial score (nSPS) is 12.2. The van der Waals surface area contributed by atoms with Gasteiger partial charge in [-0.25, -0.2) is 9.97 Å². The Morgan fingerprint density at radius 2 is 1.25 bits per heavy atom. The zero-order valence-electron chi connectivity index (χ0n) is 25.5. The maximum Gasteiger partial charge on any atom is 0.146 e. The molecule has 0 aliphatic carbocycles. The number of aromatic nitrogens is 4. The molecular weight excluding hydrogens is 592 g/mol. The molecule has 11 aromatic rings. The summed E-state index contributed by atoms with van der Waals surface area (Å²) in [7, 11) is 0. The van der Waals surface area contributed by atoms with Crippen LogP contribution in [0.1, 0.15) is 0 Å². The van der Waals surface area contributed by atoms with Crippen LogP contribution in [-0.2, 0) is 0 Å². The molecule has 6 aromatic carbocycles. The summed E-state index contributed by atoms with van der Waals surface area (Å²) in [5.41, 5.74) is 7.89. The number of fused-ring (bicyclic) bond motifs is 15. The molecule has 0 bridgehead atoms. The van der Waals surface area contributed by atoms with Gasteiger partial charge in [0.1, 0.15) is 34.1 Å². The van der Waals surface area contributed by atoms with Crippen LogP contribution in [0.4, 0.5) is 0 Å². The number of hydrogen-bond donors (Lipinski definition) is 0. The monoisotopic (exact) mass is 616 g/mol. The van der Waals surface area contributed by atoms with Crippen molar-refractivity contribution in [3.8, 4) is 17.3 Å². The van der Waals surface area contributed by atoms with Gasteiger partial charge in [0.2, 0.25) is 0 Å². The average Bonchev–Trinajstić information content (AvgIpc) is 3.82. The van der Waals surface area contributed by atoms with Crippen LogP contribution >= 0.6 is 0 Å². The van der Waals surface area contributed by atoms with E-state index in [0.29, 0.717) is 0 Å². The first-order valence-corrected chi connectivity index (χ1v) is 16.0. The minimum absolute atomic E-state index is 0.737. The summed E-state index contributed by atoms with van der Waals surface area (Å²) < 4.78 is 17.5. The summed E-state index contributed by atoms with van der Waals surface area (Å²) in [4.78, 5) is 9.88. The van der Waals surface area contributed by atoms with Crippen molar-refractivity contribution in [2.45, 2.75) is 0 Å². The number of pyridine rings is 2. The zero-order chi connectivity index (χ0) is 31.3. The van der Waals surface area contributed by atoms with Crippen LogP contribution in [0.15, 0.2) is 150 Å². The third-order valence-corrected chi connectivity index (χ3v) is 9.58. The van der Waals surface area contributed by atoms with Gasteiger partial charge in [0, 0.05) is 39.2 Å². The highest BCUT2D eigenvalue weighted by molar-refractivity contribution is 6.24. The maximum atomic E-state index is 6.67. The number of rotatable bonds is 3. The zero-order valence-corrected chi connectivity index (χ0v) is 25.5. The van der Waals surface area contributed by atoms with Gasteiger partial charge in [-0.3, -0.25) is 8.97 Å². The number of imidazole rings is 1. The Bertz CT molecular complexity index is 3100. The van der Waals surface area contributed by atoms with Crippen LogP contribution in [0.2, 0.25) is 0 Å². The highest BCUT2D eigenvalue weighted by atomic mass is 16.5. The lowest BCUT2D eigenvalue weighted by molar-refractivity contribution is 0.484. The molecule has 0 radical (unpaired) electrons. The SMILES string of the molecule is c1ccc(-n2c3cc(Oc4ccc5c6ccccc6n6c7ccccc7nc6c5c4)ccc3c3ccc4oc5ccccc5c4c32)nc1. The second kappa shape index (κ2) is 9.44. The molecule has 6 heteroatoms. The number of ether oxygens (including phenoxy) is 1. The van der Waals surface area contributed by atoms with E-state index in [4.69, 9.17) is 19.1 Å². The summed E-state index contributed by atoms with van der Waals surface area (Å²) in [6.07, 6.45) is 1.83. The minimum Gasteiger partial charge on any atom is -0.457 e. The predicted molar refractivity (Wildman–Crippen MR) is 194 cm³/mol. The Kier molecular flexibility index (Phi) is 5.02. The maximum absolute atomic E-state index is 6.67. The Hall–Kier alpha value is -6.66. The Balaban J connectivity index is 1.14. The largest absolute Gasteiger partial charge is 0.457 e. The molecular formula is C42H24N4O2. The lowest BCUT2D eigenvalue weighted by Crippen LogP contribution is -1.97. The van der Waals surface area contributed by atoms with Gasteiger partial charge in [0.25, 0.3) is 0 Å². The Labute approximate surface area is 272 Å². The summed E-state index contributed by atoms with van der Waals surface area (Å²) in [6, 6.07) is 47.9. The predicted octanol–water partition coefficient (Wildman–Crippen LogP) is 11.0. The van der Waals surface area contributed by atoms with Crippen molar-refractivity contribution in [2.75, 3.05) is 0 Å². The highest BCUT2D eigenvalue weighted by Gasteiger charge is 2.20. The summed E-state index contributed by atoms with van der Waals surface area (Å²) in [5, 5.41) is 7.76. The molecule has 0 aliphatic heterocycles. The molecule has 224 valence electrons. The quantitative estimate of drug-likeness (QED) is 0.185. The van der Waals surface area contributed by atoms with E-state index >= 15 is 0 Å². The van der Waals surface area contributed by atoms with Crippen LogP contribution < -0.4 is 4.74 Å². The van der Waals surface area contributed by atoms with E-state index < -0.39 is 0 Å². The van der Waals surface area contributed by atoms with E-state index in [2.05, 4.69) is 100.0 Å². The van der Waals surface area contributed by atoms with Gasteiger partial charge >= 0.3 is 0 Å². The number of nitrogens with zero attached hydrogens (tertiary/aromatic N) is 4. The fourth-order valence-electron chi connectivity index (χ4n) is 7.57. The lowest BCUT2D eigenvalue weighted by atomic mass is 10.1. The third-order valence-electron chi connectivity index (χ3n) is 9.58. The van der Waals surface area contributed by atoms with Gasteiger partial charge in [-0.05, 0) is 84.2 Å². The molecule has 0 unspecified atom stereocenters. The molecule has 0 N–H and O–H groups in total. The number of hydrogen-bond acceptors (Lipinski definition) is 4. The van der Waals surface area contributed by atoms with Gasteiger partial charge in [0.15, 0.2) is 0 Å². The molecule has 0 spiro atoms. The van der Waals surface area contributed by atoms with E-state index in [0.717, 1.165) is 94.0 Å². The van der Waals surface area contributed by atoms with Crippen LogP contribution in [-0.4, -0.2) is 18.9 Å². The summed E-state index contributed by atoms with van der Waals surface area (Å²) >= 11 is 0. The van der Waals surface area contributed by atoms with Crippen molar-refractivity contribution in [1.82, 2.24) is 18.9 Å². The van der Waals surface area contributed by atoms with Crippen molar-refractivity contribution in [3.05, 3.63) is 146 Å². The fourth-order valence-corrected chi connectivity index (χ4v) is 7.57. The van der Waals surface area contributed by atoms with E-state index in [1.165, 1.54) is 5.39 Å². The highest BCUT2D eigenvalue weighted by Crippen LogP contribution is 2.42. The molecule has 11 rings (SSSR count). The topological polar surface area (TPSA) is 57.5 Å². The molecule has 0 amide bonds. The Morgan fingerprint density at radius 1 is 0.521 bits per heavy atom. The van der Waals surface area contributed by atoms with Crippen molar-refractivity contribution >= 4 is 82.1 Å². The fraction of sp³-hybridized carbons (Fsp3) is 0. The lowest BCUT2D eigenvalue weighted by Gasteiger charge is -2.12. The van der Waals surface area contributed by atoms with Crippen molar-refractivity contribution < 1.29 is 9.15 Å². The molecule has 5 aromatic heterocycles. The molecule has 0 fully saturated rings. The molecule has 0 atom stereocenters. The minimum atomic E-state index is 0.737. The van der Waals surface area contributed by atoms with Crippen molar-refractivity contribution in [2.24, 2.45) is 0 Å². The van der Waals surface area contributed by atoms with E-state index in [1.807, 2.05) is 54.7 Å². The standard InChI is InChI=1S/C42H24N4O2/c1-4-12-34-28(9-1)27-18-16-25(23-32(27)42-44-33-11-3-5-13-35(33)45(34)42)47-26-17-19-29-30-20-21-38-40(31-10-2-6-14-37(31)48-38)41(30)46(36(29)24-26)39-15-7-8-22-43-39/h1-24H. The second-order valence-electron chi connectivity index (χ2n) is 12.2. The van der Waals surface area contributed by atoms with E-state index in [-0.39, 0.29) is 0 Å². The van der Waals surface area contributed by atoms with Crippen molar-refractivity contribution in [1.29, 1.82) is 0 Å². The van der Waals surface area contributed by atoms with Gasteiger partial charge in [0.05, 0.1) is 33.0 Å². The van der Waals surface area contributed by atoms with Crippen LogP contribution in [0.3, 0.4) is 0 Å². The van der Waals surface area contributed by atoms with Gasteiger partial charge in [-0.2, -0.15) is 0 Å². The molecule has 0 saturated heterocycles. The molecule has 6 nitrogen and oxygen atoms in total. The molecule has 0 aliphatic rings. The van der Waals surface area contributed by atoms with Crippen LogP contribution in [0.25, 0.3) is 87.9 Å². The Morgan fingerprint density at radius 3 is 2.15 bits per heavy atom. The smallest absolute Gasteiger partial charge is 0.146 e. The number of benzene rings is 6. The number of furan rings is 1. The molecule has 0 saturated carbocycles. The third kappa shape index (κ3) is 3.46. The first-order chi connectivity index (χ1) is 23.8. The second-order valence-corrected chi connectivity index (χ2v) is 12.2. The van der Waals surface area contributed by atoms with E-state index in [9.17, 15) is 0 Å². The summed E-state index contributed by atoms with van der Waals surface area (Å²) in [5.74, 6) is 2.31. The van der Waals surface area contributed by atoms with Gasteiger partial charge < -0.3 is 9.15 Å². The average molecular weight is 617 g/mol. The molecule has 48 heavy (non-hydrogen) atoms. The first-order valence-electron chi connectivity index (χ1n) is 16.0. The van der Waals surface area contributed by atoms with Gasteiger partial charge in [-0.1, -0.05) is 54.6 Å².